The van der Waals surface area contributed by atoms with Crippen LogP contribution in [0.3, 0.4) is 0 Å². The summed E-state index contributed by atoms with van der Waals surface area (Å²) in [7, 11) is 1.83. The molecule has 0 aliphatic heterocycles. The van der Waals surface area contributed by atoms with Gasteiger partial charge in [0.15, 0.2) is 0 Å². The average Bonchev–Trinajstić information content (AvgIpc) is 3.00. The Hall–Kier alpha value is -1.62. The van der Waals surface area contributed by atoms with Crippen molar-refractivity contribution in [3.8, 4) is 0 Å². The van der Waals surface area contributed by atoms with Crippen molar-refractivity contribution in [3.63, 3.8) is 0 Å². The molecule has 1 unspecified atom stereocenters. The summed E-state index contributed by atoms with van der Waals surface area (Å²) in [6, 6.07) is 4.27. The molecule has 0 saturated carbocycles. The Balaban J connectivity index is 2.06. The normalized spacial score (nSPS) is 13.1. The van der Waals surface area contributed by atoms with Crippen LogP contribution in [0.5, 0.6) is 0 Å². The zero-order chi connectivity index (χ0) is 13.8. The number of hydrogen-bond donors (Lipinski definition) is 1. The molecule has 2 aromatic rings. The minimum absolute atomic E-state index is 0.447. The maximum absolute atomic E-state index is 10.2. The van der Waals surface area contributed by atoms with Gasteiger partial charge < -0.3 is 5.11 Å². The van der Waals surface area contributed by atoms with Gasteiger partial charge in [0.1, 0.15) is 6.10 Å². The maximum atomic E-state index is 10.2. The fourth-order valence-corrected chi connectivity index (χ4v) is 2.37. The van der Waals surface area contributed by atoms with Crippen LogP contribution in [0, 0.1) is 0 Å². The van der Waals surface area contributed by atoms with E-state index in [4.69, 9.17) is 0 Å². The lowest BCUT2D eigenvalue weighted by atomic mass is 10.1. The van der Waals surface area contributed by atoms with Crippen LogP contribution >= 0.6 is 0 Å². The average molecular weight is 262 g/mol. The molecule has 0 amide bonds. The second-order valence-corrected chi connectivity index (χ2v) is 4.86. The van der Waals surface area contributed by atoms with Crippen molar-refractivity contribution < 1.29 is 5.11 Å². The number of aliphatic hydroxyl groups excluding tert-OH is 1. The summed E-state index contributed by atoms with van der Waals surface area (Å²) < 4.78 is 3.70. The molecule has 0 spiro atoms. The molecule has 2 aromatic heterocycles. The number of nitrogens with zero attached hydrogens (tertiary/aromatic N) is 4. The van der Waals surface area contributed by atoms with Crippen LogP contribution in [0.15, 0.2) is 24.5 Å². The third-order valence-corrected chi connectivity index (χ3v) is 3.58. The Labute approximate surface area is 113 Å². The molecule has 104 valence electrons. The first-order valence-electron chi connectivity index (χ1n) is 6.85. The minimum Gasteiger partial charge on any atom is -0.386 e. The van der Waals surface area contributed by atoms with Crippen molar-refractivity contribution in [2.45, 2.75) is 45.3 Å². The van der Waals surface area contributed by atoms with Gasteiger partial charge in [-0.1, -0.05) is 13.8 Å². The number of hydrogen-bond acceptors (Lipinski definition) is 3. The third kappa shape index (κ3) is 3.04. The summed E-state index contributed by atoms with van der Waals surface area (Å²) in [4.78, 5) is 0. The summed E-state index contributed by atoms with van der Waals surface area (Å²) in [5.41, 5.74) is 1.73. The predicted octanol–water partition coefficient (Wildman–Crippen LogP) is 2.25. The summed E-state index contributed by atoms with van der Waals surface area (Å²) in [6.07, 6.45) is 5.80. The lowest BCUT2D eigenvalue weighted by Gasteiger charge is -2.13. The summed E-state index contributed by atoms with van der Waals surface area (Å²) in [5, 5.41) is 18.8. The molecule has 0 aromatic carbocycles. The highest BCUT2D eigenvalue weighted by atomic mass is 16.3. The van der Waals surface area contributed by atoms with E-state index in [2.05, 4.69) is 24.0 Å². The van der Waals surface area contributed by atoms with Gasteiger partial charge in [-0.2, -0.15) is 10.2 Å². The van der Waals surface area contributed by atoms with Gasteiger partial charge in [-0.3, -0.25) is 9.36 Å². The molecule has 0 radical (unpaired) electrons. The second-order valence-electron chi connectivity index (χ2n) is 4.86. The van der Waals surface area contributed by atoms with E-state index in [1.807, 2.05) is 30.1 Å². The van der Waals surface area contributed by atoms with Crippen molar-refractivity contribution in [2.24, 2.45) is 7.05 Å². The van der Waals surface area contributed by atoms with Crippen molar-refractivity contribution in [3.05, 3.63) is 35.9 Å². The van der Waals surface area contributed by atoms with Crippen LogP contribution < -0.4 is 0 Å². The molecule has 0 fully saturated rings. The Bertz CT molecular complexity index is 513. The molecule has 1 atom stereocenters. The van der Waals surface area contributed by atoms with E-state index < -0.39 is 6.10 Å². The fourth-order valence-electron chi connectivity index (χ4n) is 2.37. The van der Waals surface area contributed by atoms with Gasteiger partial charge >= 0.3 is 0 Å². The fraction of sp³-hybridized carbons (Fsp3) is 0.571. The van der Waals surface area contributed by atoms with E-state index in [9.17, 15) is 5.11 Å². The van der Waals surface area contributed by atoms with Crippen molar-refractivity contribution in [2.75, 3.05) is 0 Å². The highest BCUT2D eigenvalue weighted by molar-refractivity contribution is 5.09. The number of rotatable bonds is 6. The van der Waals surface area contributed by atoms with Crippen molar-refractivity contribution >= 4 is 0 Å². The van der Waals surface area contributed by atoms with Gasteiger partial charge in [0.05, 0.1) is 17.4 Å². The van der Waals surface area contributed by atoms with Gasteiger partial charge in [0.25, 0.3) is 0 Å². The Kier molecular flexibility index (Phi) is 4.37. The second kappa shape index (κ2) is 6.02. The molecule has 2 heterocycles. The quantitative estimate of drug-likeness (QED) is 0.868. The maximum Gasteiger partial charge on any atom is 0.101 e. The van der Waals surface area contributed by atoms with Crippen LogP contribution in [0.1, 0.15) is 50.2 Å². The first-order chi connectivity index (χ1) is 9.15. The zero-order valence-corrected chi connectivity index (χ0v) is 11.8. The molecule has 1 N–H and O–H groups in total. The molecule has 0 aliphatic carbocycles. The van der Waals surface area contributed by atoms with Crippen LogP contribution in [-0.2, 0) is 13.5 Å². The van der Waals surface area contributed by atoms with E-state index in [0.717, 1.165) is 24.2 Å². The van der Waals surface area contributed by atoms with Crippen LogP contribution in [0.25, 0.3) is 0 Å². The molecule has 2 rings (SSSR count). The van der Waals surface area contributed by atoms with Gasteiger partial charge in [-0.15, -0.1) is 0 Å². The first-order valence-corrected chi connectivity index (χ1v) is 6.85. The van der Waals surface area contributed by atoms with E-state index >= 15 is 0 Å². The van der Waals surface area contributed by atoms with Gasteiger partial charge in [-0.25, -0.2) is 0 Å². The molecule has 19 heavy (non-hydrogen) atoms. The van der Waals surface area contributed by atoms with Crippen molar-refractivity contribution in [1.29, 1.82) is 0 Å². The van der Waals surface area contributed by atoms with Crippen LogP contribution in [-0.4, -0.2) is 24.7 Å². The summed E-state index contributed by atoms with van der Waals surface area (Å²) >= 11 is 0. The van der Waals surface area contributed by atoms with Crippen LogP contribution in [0.4, 0.5) is 0 Å². The van der Waals surface area contributed by atoms with Gasteiger partial charge in [0.2, 0.25) is 0 Å². The molecule has 5 heteroatoms. The van der Waals surface area contributed by atoms with Gasteiger partial charge in [0, 0.05) is 25.9 Å². The molecular formula is C14H22N4O. The molecule has 5 nitrogen and oxygen atoms in total. The van der Waals surface area contributed by atoms with Crippen LogP contribution in [0.2, 0.25) is 0 Å². The largest absolute Gasteiger partial charge is 0.386 e. The Morgan fingerprint density at radius 2 is 2.00 bits per heavy atom. The van der Waals surface area contributed by atoms with E-state index in [-0.39, 0.29) is 0 Å². The summed E-state index contributed by atoms with van der Waals surface area (Å²) in [6.45, 7) is 4.33. The molecule has 0 bridgehead atoms. The standard InChI is InChI=1S/C14H22N4O/c1-4-12(5-2)18-9-7-11(16-18)10-14(19)13-6-8-15-17(13)3/h6-9,12,14,19H,4-5,10H2,1-3H3. The number of aromatic nitrogens is 4. The summed E-state index contributed by atoms with van der Waals surface area (Å²) in [5.74, 6) is 0. The number of aliphatic hydroxyl groups is 1. The monoisotopic (exact) mass is 262 g/mol. The zero-order valence-electron chi connectivity index (χ0n) is 11.8. The topological polar surface area (TPSA) is 55.9 Å². The minimum atomic E-state index is -0.558. The highest BCUT2D eigenvalue weighted by Gasteiger charge is 2.15. The molecule has 0 aliphatic rings. The molecular weight excluding hydrogens is 240 g/mol. The van der Waals surface area contributed by atoms with Gasteiger partial charge in [-0.05, 0) is 25.0 Å². The first kappa shape index (κ1) is 13.8. The van der Waals surface area contributed by atoms with Crippen molar-refractivity contribution in [1.82, 2.24) is 19.6 Å². The lowest BCUT2D eigenvalue weighted by molar-refractivity contribution is 0.167. The highest BCUT2D eigenvalue weighted by Crippen LogP contribution is 2.19. The Morgan fingerprint density at radius 3 is 2.58 bits per heavy atom. The van der Waals surface area contributed by atoms with E-state index in [0.29, 0.717) is 12.5 Å². The predicted molar refractivity (Wildman–Crippen MR) is 73.7 cm³/mol. The van der Waals surface area contributed by atoms with E-state index in [1.165, 1.54) is 0 Å². The smallest absolute Gasteiger partial charge is 0.101 e. The number of aryl methyl sites for hydroxylation is 1. The van der Waals surface area contributed by atoms with E-state index in [1.54, 1.807) is 10.9 Å². The lowest BCUT2D eigenvalue weighted by Crippen LogP contribution is -2.10. The SMILES string of the molecule is CCC(CC)n1ccc(CC(O)c2ccnn2C)n1. The molecule has 0 saturated heterocycles. The third-order valence-electron chi connectivity index (χ3n) is 3.58. The Morgan fingerprint density at radius 1 is 1.26 bits per heavy atom.